The number of aromatic nitrogens is 1. The second kappa shape index (κ2) is 7.00. The number of hydrogen-bond donors (Lipinski definition) is 1. The lowest BCUT2D eigenvalue weighted by atomic mass is 10.0. The molecular formula is C14H22N2OS. The summed E-state index contributed by atoms with van der Waals surface area (Å²) in [6.07, 6.45) is 8.62. The van der Waals surface area contributed by atoms with Crippen molar-refractivity contribution < 1.29 is 4.74 Å². The van der Waals surface area contributed by atoms with E-state index in [0.29, 0.717) is 0 Å². The van der Waals surface area contributed by atoms with E-state index in [-0.39, 0.29) is 6.04 Å². The molecule has 1 unspecified atom stereocenters. The largest absolute Gasteiger partial charge is 0.495 e. The van der Waals surface area contributed by atoms with Gasteiger partial charge in [0.25, 0.3) is 0 Å². The fraction of sp³-hybridized carbons (Fsp3) is 0.643. The minimum Gasteiger partial charge on any atom is -0.495 e. The Labute approximate surface area is 114 Å². The van der Waals surface area contributed by atoms with E-state index in [9.17, 15) is 0 Å². The van der Waals surface area contributed by atoms with Crippen LogP contribution in [0.15, 0.2) is 18.3 Å². The van der Waals surface area contributed by atoms with Crippen molar-refractivity contribution in [2.45, 2.75) is 43.4 Å². The van der Waals surface area contributed by atoms with Crippen LogP contribution in [0.5, 0.6) is 5.75 Å². The van der Waals surface area contributed by atoms with E-state index < -0.39 is 0 Å². The summed E-state index contributed by atoms with van der Waals surface area (Å²) in [5.41, 5.74) is 7.10. The Morgan fingerprint density at radius 1 is 1.44 bits per heavy atom. The number of thioether (sulfide) groups is 1. The van der Waals surface area contributed by atoms with Crippen molar-refractivity contribution in [3.63, 3.8) is 0 Å². The number of methoxy groups -OCH3 is 1. The predicted molar refractivity (Wildman–Crippen MR) is 77.0 cm³/mol. The van der Waals surface area contributed by atoms with E-state index in [1.807, 2.05) is 23.9 Å². The Morgan fingerprint density at radius 3 is 2.94 bits per heavy atom. The van der Waals surface area contributed by atoms with Gasteiger partial charge in [-0.2, -0.15) is 11.8 Å². The van der Waals surface area contributed by atoms with Gasteiger partial charge >= 0.3 is 0 Å². The van der Waals surface area contributed by atoms with Gasteiger partial charge in [0.2, 0.25) is 0 Å². The number of ether oxygens (including phenoxy) is 1. The topological polar surface area (TPSA) is 48.1 Å². The SMILES string of the molecule is COc1cccnc1C(N)CSC1CCCCC1. The fourth-order valence-electron chi connectivity index (χ4n) is 2.40. The van der Waals surface area contributed by atoms with Crippen LogP contribution >= 0.6 is 11.8 Å². The van der Waals surface area contributed by atoms with Crippen molar-refractivity contribution in [1.29, 1.82) is 0 Å². The van der Waals surface area contributed by atoms with Crippen LogP contribution in [0.4, 0.5) is 0 Å². The Kier molecular flexibility index (Phi) is 5.32. The first kappa shape index (κ1) is 13.7. The van der Waals surface area contributed by atoms with Gasteiger partial charge < -0.3 is 10.5 Å². The van der Waals surface area contributed by atoms with Crippen LogP contribution in [0.3, 0.4) is 0 Å². The maximum atomic E-state index is 6.23. The second-order valence-electron chi connectivity index (χ2n) is 4.79. The van der Waals surface area contributed by atoms with Gasteiger partial charge in [0, 0.05) is 17.2 Å². The molecule has 1 aliphatic rings. The lowest BCUT2D eigenvalue weighted by Crippen LogP contribution is -2.18. The maximum absolute atomic E-state index is 6.23. The summed E-state index contributed by atoms with van der Waals surface area (Å²) in [6, 6.07) is 3.77. The van der Waals surface area contributed by atoms with Crippen molar-refractivity contribution in [1.82, 2.24) is 4.98 Å². The Bertz CT molecular complexity index is 367. The van der Waals surface area contributed by atoms with Crippen molar-refractivity contribution in [3.8, 4) is 5.75 Å². The maximum Gasteiger partial charge on any atom is 0.142 e. The molecule has 1 atom stereocenters. The van der Waals surface area contributed by atoms with Crippen LogP contribution in [-0.2, 0) is 0 Å². The van der Waals surface area contributed by atoms with E-state index in [1.165, 1.54) is 32.1 Å². The smallest absolute Gasteiger partial charge is 0.142 e. The fourth-order valence-corrected chi connectivity index (χ4v) is 3.71. The highest BCUT2D eigenvalue weighted by Gasteiger charge is 2.18. The average Bonchev–Trinajstić information content (AvgIpc) is 2.45. The first-order chi connectivity index (χ1) is 8.81. The van der Waals surface area contributed by atoms with Gasteiger partial charge in [-0.1, -0.05) is 19.3 Å². The molecule has 4 heteroatoms. The van der Waals surface area contributed by atoms with Crippen molar-refractivity contribution in [2.75, 3.05) is 12.9 Å². The summed E-state index contributed by atoms with van der Waals surface area (Å²) in [6.45, 7) is 0. The summed E-state index contributed by atoms with van der Waals surface area (Å²) in [7, 11) is 1.67. The number of rotatable bonds is 5. The highest BCUT2D eigenvalue weighted by atomic mass is 32.2. The summed E-state index contributed by atoms with van der Waals surface area (Å²) in [5, 5.41) is 0.791. The predicted octanol–water partition coefficient (Wildman–Crippen LogP) is 3.16. The molecular weight excluding hydrogens is 244 g/mol. The Hall–Kier alpha value is -0.740. The van der Waals surface area contributed by atoms with Gasteiger partial charge in [-0.25, -0.2) is 0 Å². The van der Waals surface area contributed by atoms with Gasteiger partial charge in [-0.05, 0) is 25.0 Å². The minimum absolute atomic E-state index is 0.0342. The second-order valence-corrected chi connectivity index (χ2v) is 6.12. The molecule has 1 aliphatic carbocycles. The van der Waals surface area contributed by atoms with Gasteiger partial charge in [0.05, 0.1) is 18.8 Å². The highest BCUT2D eigenvalue weighted by molar-refractivity contribution is 7.99. The van der Waals surface area contributed by atoms with Gasteiger partial charge in [0.15, 0.2) is 0 Å². The van der Waals surface area contributed by atoms with E-state index in [0.717, 1.165) is 22.4 Å². The summed E-state index contributed by atoms with van der Waals surface area (Å²) in [5.74, 6) is 1.73. The molecule has 0 spiro atoms. The van der Waals surface area contributed by atoms with Crippen molar-refractivity contribution >= 4 is 11.8 Å². The molecule has 0 radical (unpaired) electrons. The molecule has 0 aromatic carbocycles. The van der Waals surface area contributed by atoms with Crippen molar-refractivity contribution in [2.24, 2.45) is 5.73 Å². The lowest BCUT2D eigenvalue weighted by Gasteiger charge is -2.22. The van der Waals surface area contributed by atoms with Crippen molar-refractivity contribution in [3.05, 3.63) is 24.0 Å². The molecule has 18 heavy (non-hydrogen) atoms. The molecule has 2 rings (SSSR count). The van der Waals surface area contributed by atoms with Crippen LogP contribution in [0.1, 0.15) is 43.8 Å². The zero-order valence-corrected chi connectivity index (χ0v) is 11.8. The Morgan fingerprint density at radius 2 is 2.22 bits per heavy atom. The average molecular weight is 266 g/mol. The highest BCUT2D eigenvalue weighted by Crippen LogP contribution is 2.31. The van der Waals surface area contributed by atoms with Gasteiger partial charge in [0.1, 0.15) is 5.75 Å². The standard InChI is InChI=1S/C14H22N2OS/c1-17-13-8-5-9-16-14(13)12(15)10-18-11-6-3-2-4-7-11/h5,8-9,11-12H,2-4,6-7,10,15H2,1H3. The number of nitrogens with two attached hydrogens (primary N) is 1. The molecule has 2 N–H and O–H groups in total. The number of nitrogens with zero attached hydrogens (tertiary/aromatic N) is 1. The summed E-state index contributed by atoms with van der Waals surface area (Å²) >= 11 is 2.00. The summed E-state index contributed by atoms with van der Waals surface area (Å²) < 4.78 is 5.31. The molecule has 1 saturated carbocycles. The molecule has 1 fully saturated rings. The third-order valence-electron chi connectivity index (χ3n) is 3.43. The molecule has 1 aromatic rings. The number of pyridine rings is 1. The lowest BCUT2D eigenvalue weighted by molar-refractivity contribution is 0.403. The quantitative estimate of drug-likeness (QED) is 0.889. The minimum atomic E-state index is -0.0342. The van der Waals surface area contributed by atoms with Crippen LogP contribution in [0, 0.1) is 0 Å². The molecule has 0 amide bonds. The van der Waals surface area contributed by atoms with E-state index >= 15 is 0 Å². The Balaban J connectivity index is 1.88. The third kappa shape index (κ3) is 3.62. The van der Waals surface area contributed by atoms with E-state index in [2.05, 4.69) is 4.98 Å². The normalized spacial score (nSPS) is 18.6. The molecule has 1 aromatic heterocycles. The van der Waals surface area contributed by atoms with Gasteiger partial charge in [-0.15, -0.1) is 0 Å². The molecule has 0 bridgehead atoms. The van der Waals surface area contributed by atoms with Crippen LogP contribution in [-0.4, -0.2) is 23.1 Å². The monoisotopic (exact) mass is 266 g/mol. The van der Waals surface area contributed by atoms with E-state index in [4.69, 9.17) is 10.5 Å². The van der Waals surface area contributed by atoms with Crippen LogP contribution in [0.2, 0.25) is 0 Å². The molecule has 1 heterocycles. The van der Waals surface area contributed by atoms with Crippen LogP contribution in [0.25, 0.3) is 0 Å². The first-order valence-electron chi connectivity index (χ1n) is 6.67. The van der Waals surface area contributed by atoms with E-state index in [1.54, 1.807) is 13.3 Å². The summed E-state index contributed by atoms with van der Waals surface area (Å²) in [4.78, 5) is 4.35. The van der Waals surface area contributed by atoms with Gasteiger partial charge in [-0.3, -0.25) is 4.98 Å². The van der Waals surface area contributed by atoms with Crippen LogP contribution < -0.4 is 10.5 Å². The molecule has 100 valence electrons. The number of hydrogen-bond acceptors (Lipinski definition) is 4. The molecule has 0 saturated heterocycles. The first-order valence-corrected chi connectivity index (χ1v) is 7.72. The molecule has 0 aliphatic heterocycles. The third-order valence-corrected chi connectivity index (χ3v) is 4.93. The zero-order valence-electron chi connectivity index (χ0n) is 11.0. The molecule has 3 nitrogen and oxygen atoms in total. The zero-order chi connectivity index (χ0) is 12.8.